The molecule has 0 spiro atoms. The van der Waals surface area contributed by atoms with E-state index in [1.807, 2.05) is 71.6 Å². The summed E-state index contributed by atoms with van der Waals surface area (Å²) in [7, 11) is 1.67. The van der Waals surface area contributed by atoms with Gasteiger partial charge >= 0.3 is 0 Å². The van der Waals surface area contributed by atoms with Crippen LogP contribution in [0.3, 0.4) is 0 Å². The maximum absolute atomic E-state index is 13.3. The number of ether oxygens (including phenoxy) is 1. The van der Waals surface area contributed by atoms with E-state index in [9.17, 15) is 9.59 Å². The molecule has 0 saturated carbocycles. The van der Waals surface area contributed by atoms with Crippen LogP contribution in [0.1, 0.15) is 50.7 Å². The van der Waals surface area contributed by atoms with Crippen LogP contribution < -0.4 is 4.74 Å². The minimum Gasteiger partial charge on any atom is -0.496 e. The van der Waals surface area contributed by atoms with Crippen molar-refractivity contribution in [1.82, 2.24) is 14.7 Å². The van der Waals surface area contributed by atoms with Crippen molar-refractivity contribution in [2.75, 3.05) is 52.9 Å². The first kappa shape index (κ1) is 29.4. The number of unbranched alkanes of at least 4 members (excludes halogenated alkanes) is 1. The first-order chi connectivity index (χ1) is 18.5. The lowest BCUT2D eigenvalue weighted by molar-refractivity contribution is -0.137. The van der Waals surface area contributed by atoms with Gasteiger partial charge in [-0.05, 0) is 24.5 Å². The summed E-state index contributed by atoms with van der Waals surface area (Å²) < 4.78 is 5.46. The Labute approximate surface area is 229 Å². The molecule has 2 aromatic rings. The fourth-order valence-electron chi connectivity index (χ4n) is 4.98. The zero-order valence-corrected chi connectivity index (χ0v) is 23.5. The third kappa shape index (κ3) is 9.02. The number of rotatable bonds is 14. The highest BCUT2D eigenvalue weighted by Crippen LogP contribution is 2.19. The minimum absolute atomic E-state index is 0.122. The van der Waals surface area contributed by atoms with Crippen molar-refractivity contribution in [1.29, 1.82) is 0 Å². The molecule has 1 saturated heterocycles. The molecule has 0 aromatic heterocycles. The van der Waals surface area contributed by atoms with Crippen molar-refractivity contribution >= 4 is 17.9 Å². The molecule has 38 heavy (non-hydrogen) atoms. The lowest BCUT2D eigenvalue weighted by Crippen LogP contribution is -2.52. The predicted octanol–water partition coefficient (Wildman–Crippen LogP) is 5.14. The largest absolute Gasteiger partial charge is 0.496 e. The Morgan fingerprint density at radius 1 is 1.00 bits per heavy atom. The van der Waals surface area contributed by atoms with Crippen LogP contribution in [-0.4, -0.2) is 79.4 Å². The van der Waals surface area contributed by atoms with Crippen LogP contribution in [0.4, 0.5) is 0 Å². The maximum Gasteiger partial charge on any atom is 0.227 e. The van der Waals surface area contributed by atoms with Gasteiger partial charge in [0.15, 0.2) is 0 Å². The van der Waals surface area contributed by atoms with Gasteiger partial charge in [0.2, 0.25) is 11.8 Å². The number of para-hydroxylation sites is 1. The van der Waals surface area contributed by atoms with E-state index >= 15 is 0 Å². The fourth-order valence-corrected chi connectivity index (χ4v) is 4.98. The first-order valence-corrected chi connectivity index (χ1v) is 14.2. The van der Waals surface area contributed by atoms with Crippen LogP contribution in [0.15, 0.2) is 60.7 Å². The molecule has 3 rings (SSSR count). The van der Waals surface area contributed by atoms with Gasteiger partial charge in [-0.1, -0.05) is 87.4 Å². The highest BCUT2D eigenvalue weighted by atomic mass is 16.5. The van der Waals surface area contributed by atoms with Crippen molar-refractivity contribution in [2.24, 2.45) is 5.92 Å². The molecular formula is C32H45N3O3. The van der Waals surface area contributed by atoms with E-state index in [4.69, 9.17) is 4.74 Å². The van der Waals surface area contributed by atoms with E-state index in [1.165, 1.54) is 0 Å². The second-order valence-electron chi connectivity index (χ2n) is 10.1. The van der Waals surface area contributed by atoms with Crippen molar-refractivity contribution in [3.8, 4) is 5.75 Å². The summed E-state index contributed by atoms with van der Waals surface area (Å²) in [5.41, 5.74) is 2.02. The zero-order chi connectivity index (χ0) is 27.2. The van der Waals surface area contributed by atoms with E-state index in [0.717, 1.165) is 75.3 Å². The molecule has 1 unspecified atom stereocenters. The summed E-state index contributed by atoms with van der Waals surface area (Å²) >= 11 is 0. The number of hydrogen-bond donors (Lipinski definition) is 0. The Bertz CT molecular complexity index is 1020. The number of benzene rings is 2. The molecule has 2 amide bonds. The summed E-state index contributed by atoms with van der Waals surface area (Å²) in [6.45, 7) is 9.55. The van der Waals surface area contributed by atoms with Crippen LogP contribution in [0.25, 0.3) is 6.08 Å². The summed E-state index contributed by atoms with van der Waals surface area (Å²) in [6.07, 6.45) is 8.61. The molecule has 0 N–H and O–H groups in total. The van der Waals surface area contributed by atoms with Crippen LogP contribution in [0, 0.1) is 5.92 Å². The summed E-state index contributed by atoms with van der Waals surface area (Å²) in [6, 6.07) is 17.8. The van der Waals surface area contributed by atoms with Gasteiger partial charge in [-0.25, -0.2) is 0 Å². The Morgan fingerprint density at radius 2 is 1.71 bits per heavy atom. The molecule has 2 aromatic carbocycles. The number of carbonyl (C=O) groups excluding carboxylic acids is 2. The quantitative estimate of drug-likeness (QED) is 0.347. The molecule has 1 aliphatic heterocycles. The summed E-state index contributed by atoms with van der Waals surface area (Å²) in [5.74, 6) is 1.42. The molecule has 1 atom stereocenters. The average molecular weight is 520 g/mol. The van der Waals surface area contributed by atoms with Gasteiger partial charge in [-0.3, -0.25) is 14.5 Å². The highest BCUT2D eigenvalue weighted by molar-refractivity contribution is 5.79. The maximum atomic E-state index is 13.3. The van der Waals surface area contributed by atoms with Gasteiger partial charge in [-0.15, -0.1) is 0 Å². The number of carbonyl (C=O) groups is 2. The number of piperazine rings is 1. The number of methoxy groups -OCH3 is 1. The second kappa shape index (κ2) is 16.0. The Kier molecular flexibility index (Phi) is 12.4. The van der Waals surface area contributed by atoms with Gasteiger partial charge in [0.05, 0.1) is 13.5 Å². The molecule has 0 radical (unpaired) electrons. The first-order valence-electron chi connectivity index (χ1n) is 14.2. The lowest BCUT2D eigenvalue weighted by atomic mass is 9.97. The monoisotopic (exact) mass is 519 g/mol. The van der Waals surface area contributed by atoms with Gasteiger partial charge in [-0.2, -0.15) is 0 Å². The average Bonchev–Trinajstić information content (AvgIpc) is 2.96. The van der Waals surface area contributed by atoms with Crippen molar-refractivity contribution in [3.05, 3.63) is 71.8 Å². The van der Waals surface area contributed by atoms with E-state index < -0.39 is 0 Å². The van der Waals surface area contributed by atoms with Crippen LogP contribution in [0.2, 0.25) is 0 Å². The fraction of sp³-hybridized carbons (Fsp3) is 0.500. The number of hydrogen-bond acceptors (Lipinski definition) is 4. The standard InChI is InChI=1S/C32H45N3O3/c1-4-6-15-28(5-2)32(37)35-24-21-33(22-25-35)20-23-34(31(36)26-27-13-8-7-9-14-27)19-12-17-29-16-10-11-18-30(29)38-3/h7-14,16-18,28H,4-6,15,19-26H2,1-3H3. The van der Waals surface area contributed by atoms with E-state index in [1.54, 1.807) is 7.11 Å². The highest BCUT2D eigenvalue weighted by Gasteiger charge is 2.26. The van der Waals surface area contributed by atoms with Crippen molar-refractivity contribution in [3.63, 3.8) is 0 Å². The molecule has 1 aliphatic rings. The van der Waals surface area contributed by atoms with Gasteiger partial charge in [0.1, 0.15) is 5.75 Å². The van der Waals surface area contributed by atoms with Crippen LogP contribution >= 0.6 is 0 Å². The van der Waals surface area contributed by atoms with E-state index in [-0.39, 0.29) is 11.8 Å². The number of amides is 2. The minimum atomic E-state index is 0.122. The SMILES string of the molecule is CCCCC(CC)C(=O)N1CCN(CCN(CC=Cc2ccccc2OC)C(=O)Cc2ccccc2)CC1. The Balaban J connectivity index is 1.57. The van der Waals surface area contributed by atoms with E-state index in [0.29, 0.717) is 25.4 Å². The van der Waals surface area contributed by atoms with Crippen LogP contribution in [-0.2, 0) is 16.0 Å². The number of nitrogens with zero attached hydrogens (tertiary/aromatic N) is 3. The normalized spacial score (nSPS) is 15.0. The van der Waals surface area contributed by atoms with Crippen molar-refractivity contribution < 1.29 is 14.3 Å². The third-order valence-corrected chi connectivity index (χ3v) is 7.43. The summed E-state index contributed by atoms with van der Waals surface area (Å²) in [5, 5.41) is 0. The third-order valence-electron chi connectivity index (χ3n) is 7.43. The van der Waals surface area contributed by atoms with Crippen LogP contribution in [0.5, 0.6) is 5.75 Å². The molecule has 0 aliphatic carbocycles. The zero-order valence-electron chi connectivity index (χ0n) is 23.5. The molecule has 1 heterocycles. The molecule has 206 valence electrons. The molecule has 1 fully saturated rings. The molecular weight excluding hydrogens is 474 g/mol. The van der Waals surface area contributed by atoms with Gasteiger partial charge in [0, 0.05) is 57.3 Å². The Morgan fingerprint density at radius 3 is 2.39 bits per heavy atom. The van der Waals surface area contributed by atoms with Gasteiger partial charge < -0.3 is 14.5 Å². The lowest BCUT2D eigenvalue weighted by Gasteiger charge is -2.37. The molecule has 6 nitrogen and oxygen atoms in total. The smallest absolute Gasteiger partial charge is 0.227 e. The molecule has 0 bridgehead atoms. The Hall–Kier alpha value is -3.12. The molecule has 6 heteroatoms. The van der Waals surface area contributed by atoms with E-state index in [2.05, 4.69) is 23.6 Å². The predicted molar refractivity (Wildman–Crippen MR) is 155 cm³/mol. The summed E-state index contributed by atoms with van der Waals surface area (Å²) in [4.78, 5) is 32.6. The van der Waals surface area contributed by atoms with Gasteiger partial charge in [0.25, 0.3) is 0 Å². The topological polar surface area (TPSA) is 53.1 Å². The van der Waals surface area contributed by atoms with Crippen molar-refractivity contribution in [2.45, 2.75) is 46.0 Å². The second-order valence-corrected chi connectivity index (χ2v) is 10.1.